The van der Waals surface area contributed by atoms with Crippen LogP contribution in [0.4, 0.5) is 14.5 Å². The van der Waals surface area contributed by atoms with Crippen LogP contribution in [-0.4, -0.2) is 18.0 Å². The standard InChI is InChI=1S/C13H9ClF2N2O2/c1-20-10-6-7(14)2-3-8(10)13(19)17-9-4-5-11(15)18-12(9)16/h2-6H,1H3,(H,17,19). The molecule has 0 radical (unpaired) electrons. The highest BCUT2D eigenvalue weighted by Crippen LogP contribution is 2.24. The van der Waals surface area contributed by atoms with Crippen molar-refractivity contribution in [2.24, 2.45) is 0 Å². The first-order valence-corrected chi connectivity index (χ1v) is 5.86. The number of hydrogen-bond donors (Lipinski definition) is 1. The van der Waals surface area contributed by atoms with Gasteiger partial charge in [0.1, 0.15) is 5.75 Å². The Bertz CT molecular complexity index is 665. The van der Waals surface area contributed by atoms with Gasteiger partial charge in [0.05, 0.1) is 18.4 Å². The zero-order valence-corrected chi connectivity index (χ0v) is 11.0. The van der Waals surface area contributed by atoms with Gasteiger partial charge in [-0.25, -0.2) is 0 Å². The molecule has 1 aromatic heterocycles. The fourth-order valence-electron chi connectivity index (χ4n) is 1.55. The fourth-order valence-corrected chi connectivity index (χ4v) is 1.71. The molecular formula is C13H9ClF2N2O2. The second-order valence-corrected chi connectivity index (χ2v) is 4.21. The molecule has 104 valence electrons. The van der Waals surface area contributed by atoms with E-state index in [0.29, 0.717) is 5.02 Å². The summed E-state index contributed by atoms with van der Waals surface area (Å²) in [5, 5.41) is 2.68. The molecule has 0 aliphatic heterocycles. The highest BCUT2D eigenvalue weighted by atomic mass is 35.5. The molecule has 1 heterocycles. The number of pyridine rings is 1. The predicted octanol–water partition coefficient (Wildman–Crippen LogP) is 3.27. The number of aromatic nitrogens is 1. The minimum atomic E-state index is -1.11. The van der Waals surface area contributed by atoms with E-state index >= 15 is 0 Å². The Kier molecular flexibility index (Phi) is 4.14. The molecule has 0 saturated carbocycles. The first-order valence-electron chi connectivity index (χ1n) is 5.48. The molecule has 0 bridgehead atoms. The molecule has 7 heteroatoms. The van der Waals surface area contributed by atoms with Gasteiger partial charge < -0.3 is 10.1 Å². The van der Waals surface area contributed by atoms with E-state index in [9.17, 15) is 13.6 Å². The van der Waals surface area contributed by atoms with Crippen molar-refractivity contribution in [3.8, 4) is 5.75 Å². The van der Waals surface area contributed by atoms with E-state index in [1.165, 1.54) is 25.3 Å². The largest absolute Gasteiger partial charge is 0.496 e. The van der Waals surface area contributed by atoms with Crippen LogP contribution in [0.15, 0.2) is 30.3 Å². The fraction of sp³-hybridized carbons (Fsp3) is 0.0769. The van der Waals surface area contributed by atoms with Crippen LogP contribution in [0.1, 0.15) is 10.4 Å². The molecular weight excluding hydrogens is 290 g/mol. The van der Waals surface area contributed by atoms with Gasteiger partial charge in [0.15, 0.2) is 0 Å². The third-order valence-electron chi connectivity index (χ3n) is 2.47. The van der Waals surface area contributed by atoms with E-state index in [4.69, 9.17) is 16.3 Å². The second kappa shape index (κ2) is 5.83. The Morgan fingerprint density at radius 3 is 2.70 bits per heavy atom. The minimum absolute atomic E-state index is 0.167. The molecule has 0 aliphatic rings. The highest BCUT2D eigenvalue weighted by molar-refractivity contribution is 6.31. The van der Waals surface area contributed by atoms with Gasteiger partial charge in [-0.15, -0.1) is 0 Å². The quantitative estimate of drug-likeness (QED) is 0.885. The van der Waals surface area contributed by atoms with E-state index < -0.39 is 17.8 Å². The number of hydrogen-bond acceptors (Lipinski definition) is 3. The summed E-state index contributed by atoms with van der Waals surface area (Å²) < 4.78 is 31.0. The second-order valence-electron chi connectivity index (χ2n) is 3.77. The minimum Gasteiger partial charge on any atom is -0.496 e. The number of methoxy groups -OCH3 is 1. The lowest BCUT2D eigenvalue weighted by Gasteiger charge is -2.09. The van der Waals surface area contributed by atoms with Crippen molar-refractivity contribution < 1.29 is 18.3 Å². The predicted molar refractivity (Wildman–Crippen MR) is 70.1 cm³/mol. The highest BCUT2D eigenvalue weighted by Gasteiger charge is 2.15. The normalized spacial score (nSPS) is 10.2. The summed E-state index contributed by atoms with van der Waals surface area (Å²) in [6.45, 7) is 0. The van der Waals surface area contributed by atoms with Crippen molar-refractivity contribution in [2.75, 3.05) is 12.4 Å². The van der Waals surface area contributed by atoms with Crippen molar-refractivity contribution in [3.05, 3.63) is 52.8 Å². The molecule has 0 fully saturated rings. The summed E-state index contributed by atoms with van der Waals surface area (Å²) in [5.74, 6) is -2.45. The number of carbonyl (C=O) groups excluding carboxylic acids is 1. The van der Waals surface area contributed by atoms with Crippen molar-refractivity contribution in [2.45, 2.75) is 0 Å². The van der Waals surface area contributed by atoms with Gasteiger partial charge in [0.2, 0.25) is 11.9 Å². The maximum absolute atomic E-state index is 13.4. The number of carbonyl (C=O) groups is 1. The van der Waals surface area contributed by atoms with Crippen molar-refractivity contribution in [1.29, 1.82) is 0 Å². The molecule has 0 saturated heterocycles. The number of ether oxygens (including phenoxy) is 1. The molecule has 20 heavy (non-hydrogen) atoms. The SMILES string of the molecule is COc1cc(Cl)ccc1C(=O)Nc1ccc(F)nc1F. The maximum Gasteiger partial charge on any atom is 0.259 e. The van der Waals surface area contributed by atoms with Crippen LogP contribution in [0.25, 0.3) is 0 Å². The monoisotopic (exact) mass is 298 g/mol. The summed E-state index contributed by atoms with van der Waals surface area (Å²) in [7, 11) is 1.38. The van der Waals surface area contributed by atoms with E-state index in [0.717, 1.165) is 12.1 Å². The van der Waals surface area contributed by atoms with E-state index in [2.05, 4.69) is 10.3 Å². The van der Waals surface area contributed by atoms with E-state index in [1.807, 2.05) is 0 Å². The molecule has 0 atom stereocenters. The Morgan fingerprint density at radius 1 is 1.30 bits per heavy atom. The first kappa shape index (κ1) is 14.2. The average molecular weight is 299 g/mol. The summed E-state index contributed by atoms with van der Waals surface area (Å²) in [6, 6.07) is 6.41. The zero-order chi connectivity index (χ0) is 14.7. The Labute approximate surface area is 118 Å². The Balaban J connectivity index is 2.28. The van der Waals surface area contributed by atoms with Crippen molar-refractivity contribution in [3.63, 3.8) is 0 Å². The van der Waals surface area contributed by atoms with Crippen LogP contribution in [0.5, 0.6) is 5.75 Å². The summed E-state index contributed by atoms with van der Waals surface area (Å²) in [6.07, 6.45) is 0. The lowest BCUT2D eigenvalue weighted by atomic mass is 10.2. The maximum atomic E-state index is 13.4. The van der Waals surface area contributed by atoms with Crippen LogP contribution in [0.3, 0.4) is 0 Å². The lowest BCUT2D eigenvalue weighted by molar-refractivity contribution is 0.102. The van der Waals surface area contributed by atoms with Gasteiger partial charge in [-0.3, -0.25) is 4.79 Å². The van der Waals surface area contributed by atoms with Crippen LogP contribution in [-0.2, 0) is 0 Å². The molecule has 1 amide bonds. The summed E-state index contributed by atoms with van der Waals surface area (Å²) in [4.78, 5) is 15.0. The first-order chi connectivity index (χ1) is 9.51. The van der Waals surface area contributed by atoms with Gasteiger partial charge >= 0.3 is 0 Å². The van der Waals surface area contributed by atoms with Gasteiger partial charge in [-0.2, -0.15) is 13.8 Å². The van der Waals surface area contributed by atoms with Crippen LogP contribution in [0, 0.1) is 11.9 Å². The van der Waals surface area contributed by atoms with Gasteiger partial charge in [0, 0.05) is 5.02 Å². The van der Waals surface area contributed by atoms with Crippen LogP contribution >= 0.6 is 11.6 Å². The number of nitrogens with zero attached hydrogens (tertiary/aromatic N) is 1. The third kappa shape index (κ3) is 3.03. The number of anilines is 1. The molecule has 0 aliphatic carbocycles. The molecule has 2 rings (SSSR count). The van der Waals surface area contributed by atoms with Gasteiger partial charge in [-0.1, -0.05) is 11.6 Å². The van der Waals surface area contributed by atoms with E-state index in [-0.39, 0.29) is 17.0 Å². The van der Waals surface area contributed by atoms with Crippen LogP contribution in [0.2, 0.25) is 5.02 Å². The number of rotatable bonds is 3. The summed E-state index contributed by atoms with van der Waals surface area (Å²) in [5.41, 5.74) is -0.0611. The Hall–Kier alpha value is -2.21. The average Bonchev–Trinajstić information content (AvgIpc) is 2.41. The molecule has 0 unspecified atom stereocenters. The number of benzene rings is 1. The van der Waals surface area contributed by atoms with E-state index in [1.54, 1.807) is 0 Å². The van der Waals surface area contributed by atoms with Crippen LogP contribution < -0.4 is 10.1 Å². The molecule has 1 N–H and O–H groups in total. The van der Waals surface area contributed by atoms with Crippen molar-refractivity contribution >= 4 is 23.2 Å². The number of amides is 1. The number of halogens is 3. The number of nitrogens with one attached hydrogen (secondary N) is 1. The third-order valence-corrected chi connectivity index (χ3v) is 2.71. The summed E-state index contributed by atoms with van der Waals surface area (Å²) >= 11 is 5.78. The van der Waals surface area contributed by atoms with Crippen molar-refractivity contribution in [1.82, 2.24) is 4.98 Å². The van der Waals surface area contributed by atoms with Gasteiger partial charge in [0.25, 0.3) is 5.91 Å². The molecule has 2 aromatic rings. The van der Waals surface area contributed by atoms with Gasteiger partial charge in [-0.05, 0) is 30.3 Å². The lowest BCUT2D eigenvalue weighted by Crippen LogP contribution is -2.14. The Morgan fingerprint density at radius 2 is 2.05 bits per heavy atom. The molecule has 0 spiro atoms. The smallest absolute Gasteiger partial charge is 0.259 e. The molecule has 4 nitrogen and oxygen atoms in total. The zero-order valence-electron chi connectivity index (χ0n) is 10.3. The molecule has 1 aromatic carbocycles. The topological polar surface area (TPSA) is 51.2 Å².